The van der Waals surface area contributed by atoms with E-state index >= 15 is 0 Å². The maximum atomic E-state index is 13.0. The van der Waals surface area contributed by atoms with Crippen molar-refractivity contribution in [1.82, 2.24) is 5.32 Å². The van der Waals surface area contributed by atoms with E-state index in [2.05, 4.69) is 5.32 Å². The second-order valence-electron chi connectivity index (χ2n) is 5.69. The maximum absolute atomic E-state index is 13.0. The minimum absolute atomic E-state index is 0.122. The van der Waals surface area contributed by atoms with E-state index in [4.69, 9.17) is 5.11 Å². The van der Waals surface area contributed by atoms with E-state index < -0.39 is 5.97 Å². The first kappa shape index (κ1) is 17.9. The highest BCUT2D eigenvalue weighted by Crippen LogP contribution is 2.26. The molecule has 0 aromatic heterocycles. The average molecular weight is 407 g/mol. The van der Waals surface area contributed by atoms with Gasteiger partial charge in [0.25, 0.3) is 5.91 Å². The predicted molar refractivity (Wildman–Crippen MR) is 86.7 cm³/mol. The number of aliphatic carboxylic acids is 1. The summed E-state index contributed by atoms with van der Waals surface area (Å²) < 4.78 is 13.5. The molecular formula is C15H19FINO3. The lowest BCUT2D eigenvalue weighted by molar-refractivity contribution is -0.137. The van der Waals surface area contributed by atoms with Crippen LogP contribution in [0.1, 0.15) is 43.5 Å². The zero-order valence-electron chi connectivity index (χ0n) is 12.1. The Labute approximate surface area is 137 Å². The standard InChI is InChI=1S/C15H19FINO3/c1-15(2,6-5-13(19)20)7-8-18-14(21)11-4-3-10(16)9-12(11)17/h3-4,9H,5-8H2,1-2H3,(H,18,21)(H,19,20). The number of hydrogen-bond donors (Lipinski definition) is 2. The van der Waals surface area contributed by atoms with Gasteiger partial charge in [-0.15, -0.1) is 0 Å². The van der Waals surface area contributed by atoms with Gasteiger partial charge in [0.1, 0.15) is 5.82 Å². The molecule has 0 atom stereocenters. The minimum Gasteiger partial charge on any atom is -0.481 e. The second kappa shape index (κ2) is 7.72. The predicted octanol–water partition coefficient (Wildman–Crippen LogP) is 3.44. The Bertz CT molecular complexity index is 532. The molecule has 6 heteroatoms. The van der Waals surface area contributed by atoms with E-state index in [9.17, 15) is 14.0 Å². The Hall–Kier alpha value is -1.18. The Kier molecular flexibility index (Phi) is 6.57. The van der Waals surface area contributed by atoms with E-state index in [1.165, 1.54) is 18.2 Å². The number of hydrogen-bond acceptors (Lipinski definition) is 2. The molecule has 1 amide bonds. The van der Waals surface area contributed by atoms with Crippen LogP contribution in [0.2, 0.25) is 0 Å². The molecule has 21 heavy (non-hydrogen) atoms. The van der Waals surface area contributed by atoms with Crippen LogP contribution < -0.4 is 5.32 Å². The number of carbonyl (C=O) groups excluding carboxylic acids is 1. The molecule has 0 saturated heterocycles. The van der Waals surface area contributed by atoms with Crippen molar-refractivity contribution < 1.29 is 19.1 Å². The lowest BCUT2D eigenvalue weighted by atomic mass is 9.84. The van der Waals surface area contributed by atoms with Crippen molar-refractivity contribution in [3.8, 4) is 0 Å². The van der Waals surface area contributed by atoms with Gasteiger partial charge in [-0.2, -0.15) is 0 Å². The summed E-state index contributed by atoms with van der Waals surface area (Å²) in [7, 11) is 0. The van der Waals surface area contributed by atoms with Crippen molar-refractivity contribution in [2.45, 2.75) is 33.1 Å². The summed E-state index contributed by atoms with van der Waals surface area (Å²) in [6.07, 6.45) is 1.37. The molecule has 0 saturated carbocycles. The molecule has 0 aliphatic carbocycles. The van der Waals surface area contributed by atoms with Gasteiger partial charge in [0.2, 0.25) is 0 Å². The number of carbonyl (C=O) groups is 2. The van der Waals surface area contributed by atoms with Crippen LogP contribution in [-0.4, -0.2) is 23.5 Å². The fourth-order valence-corrected chi connectivity index (χ4v) is 2.58. The van der Waals surface area contributed by atoms with Gasteiger partial charge < -0.3 is 10.4 Å². The molecule has 0 heterocycles. The van der Waals surface area contributed by atoms with Gasteiger partial charge in [0, 0.05) is 16.5 Å². The first-order chi connectivity index (χ1) is 9.71. The maximum Gasteiger partial charge on any atom is 0.303 e. The molecule has 0 radical (unpaired) electrons. The summed E-state index contributed by atoms with van der Waals surface area (Å²) in [5.41, 5.74) is 0.294. The minimum atomic E-state index is -0.812. The molecule has 0 aliphatic heterocycles. The summed E-state index contributed by atoms with van der Waals surface area (Å²) >= 11 is 1.92. The van der Waals surface area contributed by atoms with Crippen LogP contribution in [0.4, 0.5) is 4.39 Å². The third-order valence-electron chi connectivity index (χ3n) is 3.28. The highest BCUT2D eigenvalue weighted by atomic mass is 127. The molecule has 1 aromatic rings. The van der Waals surface area contributed by atoms with Crippen LogP contribution in [0.3, 0.4) is 0 Å². The van der Waals surface area contributed by atoms with Gasteiger partial charge in [-0.3, -0.25) is 9.59 Å². The van der Waals surface area contributed by atoms with Crippen LogP contribution in [0.25, 0.3) is 0 Å². The topological polar surface area (TPSA) is 66.4 Å². The number of rotatable bonds is 7. The van der Waals surface area contributed by atoms with Crippen LogP contribution >= 0.6 is 22.6 Å². The number of halogens is 2. The van der Waals surface area contributed by atoms with Crippen molar-refractivity contribution in [3.63, 3.8) is 0 Å². The Morgan fingerprint density at radius 1 is 1.33 bits per heavy atom. The van der Waals surface area contributed by atoms with Crippen LogP contribution in [0, 0.1) is 14.8 Å². The van der Waals surface area contributed by atoms with Gasteiger partial charge in [-0.25, -0.2) is 4.39 Å². The lowest BCUT2D eigenvalue weighted by Crippen LogP contribution is -2.29. The summed E-state index contributed by atoms with van der Waals surface area (Å²) in [6.45, 7) is 4.41. The molecule has 0 spiro atoms. The molecular weight excluding hydrogens is 388 g/mol. The zero-order chi connectivity index (χ0) is 16.0. The van der Waals surface area contributed by atoms with E-state index in [0.717, 1.165) is 0 Å². The molecule has 2 N–H and O–H groups in total. The smallest absolute Gasteiger partial charge is 0.303 e. The summed E-state index contributed by atoms with van der Waals surface area (Å²) in [6, 6.07) is 4.03. The average Bonchev–Trinajstić information content (AvgIpc) is 2.36. The van der Waals surface area contributed by atoms with Gasteiger partial charge in [-0.05, 0) is 59.0 Å². The van der Waals surface area contributed by atoms with Crippen molar-refractivity contribution in [3.05, 3.63) is 33.1 Å². The van der Waals surface area contributed by atoms with E-state index in [1.807, 2.05) is 36.4 Å². The van der Waals surface area contributed by atoms with E-state index in [0.29, 0.717) is 28.5 Å². The monoisotopic (exact) mass is 407 g/mol. The fourth-order valence-electron chi connectivity index (χ4n) is 1.85. The highest BCUT2D eigenvalue weighted by molar-refractivity contribution is 14.1. The molecule has 0 aliphatic rings. The van der Waals surface area contributed by atoms with E-state index in [1.54, 1.807) is 0 Å². The second-order valence-corrected chi connectivity index (χ2v) is 6.85. The summed E-state index contributed by atoms with van der Waals surface area (Å²) in [4.78, 5) is 22.6. The van der Waals surface area contributed by atoms with Crippen molar-refractivity contribution in [1.29, 1.82) is 0 Å². The van der Waals surface area contributed by atoms with Crippen LogP contribution in [0.15, 0.2) is 18.2 Å². The Morgan fingerprint density at radius 3 is 2.57 bits per heavy atom. The quantitative estimate of drug-likeness (QED) is 0.681. The van der Waals surface area contributed by atoms with Gasteiger partial charge >= 0.3 is 5.97 Å². The Morgan fingerprint density at radius 2 is 2.00 bits per heavy atom. The third kappa shape index (κ3) is 6.41. The number of nitrogens with one attached hydrogen (secondary N) is 1. The van der Waals surface area contributed by atoms with Gasteiger partial charge in [0.15, 0.2) is 0 Å². The third-order valence-corrected chi connectivity index (χ3v) is 4.17. The Balaban J connectivity index is 2.48. The lowest BCUT2D eigenvalue weighted by Gasteiger charge is -2.23. The molecule has 0 bridgehead atoms. The molecule has 1 rings (SSSR count). The normalized spacial score (nSPS) is 11.2. The van der Waals surface area contributed by atoms with Crippen molar-refractivity contribution in [2.75, 3.05) is 6.54 Å². The molecule has 116 valence electrons. The first-order valence-corrected chi connectivity index (χ1v) is 7.74. The summed E-state index contributed by atoms with van der Waals surface area (Å²) in [5.74, 6) is -1.42. The van der Waals surface area contributed by atoms with Gasteiger partial charge in [-0.1, -0.05) is 13.8 Å². The summed E-state index contributed by atoms with van der Waals surface area (Å²) in [5, 5.41) is 11.5. The SMILES string of the molecule is CC(C)(CCNC(=O)c1ccc(F)cc1I)CCC(=O)O. The van der Waals surface area contributed by atoms with Crippen LogP contribution in [-0.2, 0) is 4.79 Å². The molecule has 4 nitrogen and oxygen atoms in total. The largest absolute Gasteiger partial charge is 0.481 e. The molecule has 1 aromatic carbocycles. The number of benzene rings is 1. The van der Waals surface area contributed by atoms with E-state index in [-0.39, 0.29) is 23.6 Å². The number of carboxylic acid groups (broad SMARTS) is 1. The number of amides is 1. The fraction of sp³-hybridized carbons (Fsp3) is 0.467. The molecule has 0 unspecified atom stereocenters. The van der Waals surface area contributed by atoms with Gasteiger partial charge in [0.05, 0.1) is 5.56 Å². The highest BCUT2D eigenvalue weighted by Gasteiger charge is 2.19. The van der Waals surface area contributed by atoms with Crippen molar-refractivity contribution in [2.24, 2.45) is 5.41 Å². The number of carboxylic acids is 1. The first-order valence-electron chi connectivity index (χ1n) is 6.66. The zero-order valence-corrected chi connectivity index (χ0v) is 14.2. The van der Waals surface area contributed by atoms with Crippen LogP contribution in [0.5, 0.6) is 0 Å². The molecule has 0 fully saturated rings. The van der Waals surface area contributed by atoms with Crippen molar-refractivity contribution >= 4 is 34.5 Å².